The Bertz CT molecular complexity index is 334. The molecule has 0 spiro atoms. The van der Waals surface area contributed by atoms with Crippen LogP contribution in [-0.2, 0) is 6.42 Å². The highest BCUT2D eigenvalue weighted by molar-refractivity contribution is 9.10. The van der Waals surface area contributed by atoms with Crippen LogP contribution in [0.15, 0.2) is 22.7 Å². The minimum absolute atomic E-state index is 0.108. The largest absolute Gasteiger partial charge is 0.330 e. The third-order valence-electron chi connectivity index (χ3n) is 2.96. The molecule has 3 heteroatoms. The van der Waals surface area contributed by atoms with Gasteiger partial charge >= 0.3 is 0 Å². The molecule has 1 nitrogen and oxygen atoms in total. The zero-order chi connectivity index (χ0) is 11.5. The van der Waals surface area contributed by atoms with E-state index in [0.29, 0.717) is 11.0 Å². The summed E-state index contributed by atoms with van der Waals surface area (Å²) < 4.78 is 13.5. The average Bonchev–Trinajstić information content (AvgIpc) is 2.23. The first-order valence-corrected chi connectivity index (χ1v) is 5.94. The monoisotopic (exact) mass is 273 g/mol. The van der Waals surface area contributed by atoms with Crippen LogP contribution >= 0.6 is 15.9 Å². The molecule has 84 valence electrons. The maximum Gasteiger partial charge on any atom is 0.137 e. The highest BCUT2D eigenvalue weighted by Crippen LogP contribution is 2.27. The molecule has 1 aromatic rings. The number of rotatable bonds is 4. The van der Waals surface area contributed by atoms with E-state index in [1.807, 2.05) is 12.1 Å². The van der Waals surface area contributed by atoms with Crippen LogP contribution in [0.3, 0.4) is 0 Å². The van der Waals surface area contributed by atoms with Crippen LogP contribution < -0.4 is 5.73 Å². The summed E-state index contributed by atoms with van der Waals surface area (Å²) in [6, 6.07) is 5.15. The standard InChI is InChI=1S/C12H17BrFN/c1-3-12(2,8-15)7-9-4-5-11(14)10(13)6-9/h4-6H,3,7-8,15H2,1-2H3. The molecule has 1 atom stereocenters. The third-order valence-corrected chi connectivity index (χ3v) is 3.57. The lowest BCUT2D eigenvalue weighted by molar-refractivity contribution is 0.320. The highest BCUT2D eigenvalue weighted by Gasteiger charge is 2.20. The second kappa shape index (κ2) is 5.08. The zero-order valence-electron chi connectivity index (χ0n) is 9.19. The normalized spacial score (nSPS) is 15.0. The molecule has 15 heavy (non-hydrogen) atoms. The van der Waals surface area contributed by atoms with Gasteiger partial charge in [-0.15, -0.1) is 0 Å². The second-order valence-electron chi connectivity index (χ2n) is 4.29. The lowest BCUT2D eigenvalue weighted by Crippen LogP contribution is -2.28. The number of nitrogens with two attached hydrogens (primary N) is 1. The molecule has 0 fully saturated rings. The van der Waals surface area contributed by atoms with Crippen LogP contribution in [0.5, 0.6) is 0 Å². The fourth-order valence-electron chi connectivity index (χ4n) is 1.48. The number of halogens is 2. The molecule has 0 heterocycles. The van der Waals surface area contributed by atoms with E-state index < -0.39 is 0 Å². The Morgan fingerprint density at radius 3 is 2.60 bits per heavy atom. The first-order valence-electron chi connectivity index (χ1n) is 5.15. The molecule has 1 aromatic carbocycles. The lowest BCUT2D eigenvalue weighted by atomic mass is 9.81. The Kier molecular flexibility index (Phi) is 4.29. The van der Waals surface area contributed by atoms with E-state index in [1.54, 1.807) is 0 Å². The molecule has 1 rings (SSSR count). The Balaban J connectivity index is 2.85. The molecule has 0 saturated heterocycles. The van der Waals surface area contributed by atoms with Crippen molar-refractivity contribution in [3.8, 4) is 0 Å². The molecule has 0 saturated carbocycles. The summed E-state index contributed by atoms with van der Waals surface area (Å²) >= 11 is 3.19. The average molecular weight is 274 g/mol. The SMILES string of the molecule is CCC(C)(CN)Cc1ccc(F)c(Br)c1. The molecule has 0 bridgehead atoms. The van der Waals surface area contributed by atoms with Gasteiger partial charge in [-0.1, -0.05) is 19.9 Å². The van der Waals surface area contributed by atoms with Gasteiger partial charge in [0.25, 0.3) is 0 Å². The maximum absolute atomic E-state index is 13.0. The van der Waals surface area contributed by atoms with E-state index in [0.717, 1.165) is 18.4 Å². The molecule has 0 radical (unpaired) electrons. The minimum Gasteiger partial charge on any atom is -0.330 e. The first-order chi connectivity index (χ1) is 7.00. The first kappa shape index (κ1) is 12.7. The van der Waals surface area contributed by atoms with Gasteiger partial charge in [0.2, 0.25) is 0 Å². The van der Waals surface area contributed by atoms with Gasteiger partial charge in [-0.25, -0.2) is 4.39 Å². The molecule has 1 unspecified atom stereocenters. The Labute approximate surface area is 99.0 Å². The van der Waals surface area contributed by atoms with Crippen molar-refractivity contribution in [2.24, 2.45) is 11.1 Å². The summed E-state index contributed by atoms with van der Waals surface area (Å²) in [6.45, 7) is 4.94. The van der Waals surface area contributed by atoms with Gasteiger partial charge in [0.1, 0.15) is 5.82 Å². The van der Waals surface area contributed by atoms with Gasteiger partial charge in [0.05, 0.1) is 4.47 Å². The van der Waals surface area contributed by atoms with Gasteiger partial charge in [0.15, 0.2) is 0 Å². The predicted molar refractivity (Wildman–Crippen MR) is 65.3 cm³/mol. The van der Waals surface area contributed by atoms with Crippen LogP contribution in [-0.4, -0.2) is 6.54 Å². The summed E-state index contributed by atoms with van der Waals surface area (Å²) in [7, 11) is 0. The molecule has 0 aromatic heterocycles. The van der Waals surface area contributed by atoms with Crippen molar-refractivity contribution in [3.05, 3.63) is 34.1 Å². The molecule has 2 N–H and O–H groups in total. The van der Waals surface area contributed by atoms with E-state index in [2.05, 4.69) is 29.8 Å². The zero-order valence-corrected chi connectivity index (χ0v) is 10.8. The Morgan fingerprint density at radius 2 is 2.13 bits per heavy atom. The van der Waals surface area contributed by atoms with Crippen molar-refractivity contribution in [3.63, 3.8) is 0 Å². The fraction of sp³-hybridized carbons (Fsp3) is 0.500. The molecule has 0 aliphatic carbocycles. The summed E-state index contributed by atoms with van der Waals surface area (Å²) in [6.07, 6.45) is 1.91. The summed E-state index contributed by atoms with van der Waals surface area (Å²) in [5.74, 6) is -0.218. The van der Waals surface area contributed by atoms with Crippen LogP contribution in [0.4, 0.5) is 4.39 Å². The van der Waals surface area contributed by atoms with E-state index in [9.17, 15) is 4.39 Å². The Hall–Kier alpha value is -0.410. The van der Waals surface area contributed by atoms with E-state index in [-0.39, 0.29) is 11.2 Å². The number of hydrogen-bond donors (Lipinski definition) is 1. The van der Waals surface area contributed by atoms with Gasteiger partial charge in [0, 0.05) is 0 Å². The molecule has 0 aliphatic heterocycles. The maximum atomic E-state index is 13.0. The van der Waals surface area contributed by atoms with E-state index in [1.165, 1.54) is 6.07 Å². The molecular formula is C12H17BrFN. The van der Waals surface area contributed by atoms with Crippen molar-refractivity contribution in [2.45, 2.75) is 26.7 Å². The van der Waals surface area contributed by atoms with E-state index in [4.69, 9.17) is 5.73 Å². The molecule has 0 amide bonds. The summed E-state index contributed by atoms with van der Waals surface area (Å²) in [5.41, 5.74) is 6.98. The molecule has 0 aliphatic rings. The van der Waals surface area contributed by atoms with Gasteiger partial charge in [-0.2, -0.15) is 0 Å². The highest BCUT2D eigenvalue weighted by atomic mass is 79.9. The topological polar surface area (TPSA) is 26.0 Å². The smallest absolute Gasteiger partial charge is 0.137 e. The summed E-state index contributed by atoms with van der Waals surface area (Å²) in [5, 5.41) is 0. The minimum atomic E-state index is -0.218. The van der Waals surface area contributed by atoms with Crippen LogP contribution in [0, 0.1) is 11.2 Å². The molecular weight excluding hydrogens is 257 g/mol. The summed E-state index contributed by atoms with van der Waals surface area (Å²) in [4.78, 5) is 0. The van der Waals surface area contributed by atoms with Gasteiger partial charge in [-0.3, -0.25) is 0 Å². The number of hydrogen-bond acceptors (Lipinski definition) is 1. The van der Waals surface area contributed by atoms with Crippen LogP contribution in [0.25, 0.3) is 0 Å². The number of benzene rings is 1. The predicted octanol–water partition coefficient (Wildman–Crippen LogP) is 3.51. The van der Waals surface area contributed by atoms with Crippen molar-refractivity contribution in [2.75, 3.05) is 6.54 Å². The van der Waals surface area contributed by atoms with Crippen molar-refractivity contribution in [1.29, 1.82) is 0 Å². The van der Waals surface area contributed by atoms with Gasteiger partial charge in [-0.05, 0) is 58.4 Å². The van der Waals surface area contributed by atoms with Crippen LogP contribution in [0.2, 0.25) is 0 Å². The third kappa shape index (κ3) is 3.28. The van der Waals surface area contributed by atoms with Crippen molar-refractivity contribution < 1.29 is 4.39 Å². The van der Waals surface area contributed by atoms with Crippen molar-refractivity contribution in [1.82, 2.24) is 0 Å². The quantitative estimate of drug-likeness (QED) is 0.893. The van der Waals surface area contributed by atoms with Gasteiger partial charge < -0.3 is 5.73 Å². The van der Waals surface area contributed by atoms with Crippen LogP contribution in [0.1, 0.15) is 25.8 Å². The lowest BCUT2D eigenvalue weighted by Gasteiger charge is -2.26. The van der Waals surface area contributed by atoms with E-state index >= 15 is 0 Å². The Morgan fingerprint density at radius 1 is 1.47 bits per heavy atom. The van der Waals surface area contributed by atoms with Crippen molar-refractivity contribution >= 4 is 15.9 Å². The second-order valence-corrected chi connectivity index (χ2v) is 5.15. The fourth-order valence-corrected chi connectivity index (χ4v) is 1.91.